The Morgan fingerprint density at radius 3 is 2.57 bits per heavy atom. The van der Waals surface area contributed by atoms with Crippen LogP contribution in [0.5, 0.6) is 0 Å². The standard InChI is InChI=1S/C22H28N4O2/c1-16(2)14-20(27)26-9-8-19-18(15-26)22(25-10-12-28-13-11-25)24-21(23-19)17-6-4-3-5-7-17/h3-7,16H,8-15H2,1-2H3. The van der Waals surface area contributed by atoms with E-state index in [-0.39, 0.29) is 5.91 Å². The lowest BCUT2D eigenvalue weighted by molar-refractivity contribution is -0.132. The van der Waals surface area contributed by atoms with Crippen molar-refractivity contribution in [2.75, 3.05) is 37.7 Å². The highest BCUT2D eigenvalue weighted by atomic mass is 16.5. The van der Waals surface area contributed by atoms with Gasteiger partial charge in [-0.1, -0.05) is 44.2 Å². The van der Waals surface area contributed by atoms with Crippen LogP contribution in [0.3, 0.4) is 0 Å². The minimum Gasteiger partial charge on any atom is -0.378 e. The van der Waals surface area contributed by atoms with Crippen LogP contribution in [0, 0.1) is 5.92 Å². The molecule has 2 aliphatic rings. The minimum absolute atomic E-state index is 0.223. The summed E-state index contributed by atoms with van der Waals surface area (Å²) in [6.07, 6.45) is 1.37. The molecule has 0 saturated carbocycles. The Morgan fingerprint density at radius 2 is 1.86 bits per heavy atom. The van der Waals surface area contributed by atoms with Crippen molar-refractivity contribution in [1.82, 2.24) is 14.9 Å². The molecule has 0 spiro atoms. The zero-order chi connectivity index (χ0) is 19.5. The number of anilines is 1. The summed E-state index contributed by atoms with van der Waals surface area (Å²) < 4.78 is 5.53. The molecule has 2 aromatic rings. The Kier molecular flexibility index (Phi) is 5.57. The number of amides is 1. The number of rotatable bonds is 4. The number of ether oxygens (including phenoxy) is 1. The van der Waals surface area contributed by atoms with E-state index in [1.54, 1.807) is 0 Å². The van der Waals surface area contributed by atoms with E-state index in [1.165, 1.54) is 0 Å². The van der Waals surface area contributed by atoms with Gasteiger partial charge in [0.2, 0.25) is 5.91 Å². The van der Waals surface area contributed by atoms with Crippen molar-refractivity contribution >= 4 is 11.7 Å². The van der Waals surface area contributed by atoms with Gasteiger partial charge in [0.15, 0.2) is 5.82 Å². The first-order valence-electron chi connectivity index (χ1n) is 10.2. The topological polar surface area (TPSA) is 58.6 Å². The predicted molar refractivity (Wildman–Crippen MR) is 109 cm³/mol. The first-order chi connectivity index (χ1) is 13.6. The number of nitrogens with zero attached hydrogens (tertiary/aromatic N) is 4. The number of carbonyl (C=O) groups excluding carboxylic acids is 1. The van der Waals surface area contributed by atoms with Gasteiger partial charge in [-0.25, -0.2) is 9.97 Å². The van der Waals surface area contributed by atoms with Gasteiger partial charge in [-0.15, -0.1) is 0 Å². The molecular weight excluding hydrogens is 352 g/mol. The summed E-state index contributed by atoms with van der Waals surface area (Å²) in [6, 6.07) is 10.1. The molecule has 3 heterocycles. The highest BCUT2D eigenvalue weighted by molar-refractivity contribution is 5.77. The van der Waals surface area contributed by atoms with Crippen molar-refractivity contribution < 1.29 is 9.53 Å². The number of carbonyl (C=O) groups is 1. The zero-order valence-electron chi connectivity index (χ0n) is 16.7. The second-order valence-corrected chi connectivity index (χ2v) is 7.92. The SMILES string of the molecule is CC(C)CC(=O)N1CCc2nc(-c3ccccc3)nc(N3CCOCC3)c2C1. The highest BCUT2D eigenvalue weighted by Gasteiger charge is 2.28. The van der Waals surface area contributed by atoms with E-state index in [0.717, 1.165) is 54.5 Å². The van der Waals surface area contributed by atoms with Crippen LogP contribution in [0.2, 0.25) is 0 Å². The molecule has 4 rings (SSSR count). The molecule has 0 unspecified atom stereocenters. The number of fused-ring (bicyclic) bond motifs is 1. The first-order valence-corrected chi connectivity index (χ1v) is 10.2. The summed E-state index contributed by atoms with van der Waals surface area (Å²) in [5.74, 6) is 2.32. The van der Waals surface area contributed by atoms with Crippen LogP contribution in [0.25, 0.3) is 11.4 Å². The maximum absolute atomic E-state index is 12.6. The van der Waals surface area contributed by atoms with Crippen LogP contribution in [-0.2, 0) is 22.5 Å². The smallest absolute Gasteiger partial charge is 0.223 e. The summed E-state index contributed by atoms with van der Waals surface area (Å²) in [6.45, 7) is 8.55. The molecule has 2 aliphatic heterocycles. The van der Waals surface area contributed by atoms with Gasteiger partial charge in [0.25, 0.3) is 0 Å². The van der Waals surface area contributed by atoms with Crippen LogP contribution in [0.15, 0.2) is 30.3 Å². The van der Waals surface area contributed by atoms with Gasteiger partial charge in [0.05, 0.1) is 25.5 Å². The third-order valence-electron chi connectivity index (χ3n) is 5.32. The van der Waals surface area contributed by atoms with Crippen LogP contribution in [-0.4, -0.2) is 53.6 Å². The number of hydrogen-bond acceptors (Lipinski definition) is 5. The molecule has 6 heteroatoms. The maximum atomic E-state index is 12.6. The largest absolute Gasteiger partial charge is 0.378 e. The Morgan fingerprint density at radius 1 is 1.11 bits per heavy atom. The zero-order valence-corrected chi connectivity index (χ0v) is 16.7. The molecule has 1 saturated heterocycles. The number of hydrogen-bond donors (Lipinski definition) is 0. The molecule has 28 heavy (non-hydrogen) atoms. The second-order valence-electron chi connectivity index (χ2n) is 7.92. The van der Waals surface area contributed by atoms with E-state index in [4.69, 9.17) is 14.7 Å². The lowest BCUT2D eigenvalue weighted by atomic mass is 10.0. The summed E-state index contributed by atoms with van der Waals surface area (Å²) in [4.78, 5) is 26.7. The molecule has 6 nitrogen and oxygen atoms in total. The molecule has 0 atom stereocenters. The minimum atomic E-state index is 0.223. The van der Waals surface area contributed by atoms with Gasteiger partial charge < -0.3 is 14.5 Å². The molecular formula is C22H28N4O2. The van der Waals surface area contributed by atoms with E-state index in [1.807, 2.05) is 35.2 Å². The Bertz CT molecular complexity index is 832. The van der Waals surface area contributed by atoms with Gasteiger partial charge in [-0.05, 0) is 5.92 Å². The quantitative estimate of drug-likeness (QED) is 0.816. The first kappa shape index (κ1) is 18.9. The summed E-state index contributed by atoms with van der Waals surface area (Å²) in [5.41, 5.74) is 3.20. The van der Waals surface area contributed by atoms with Crippen molar-refractivity contribution in [2.24, 2.45) is 5.92 Å². The van der Waals surface area contributed by atoms with Crippen LogP contribution < -0.4 is 4.90 Å². The summed E-state index contributed by atoms with van der Waals surface area (Å²) >= 11 is 0. The second kappa shape index (κ2) is 8.27. The number of morpholine rings is 1. The van der Waals surface area contributed by atoms with Crippen LogP contribution in [0.1, 0.15) is 31.5 Å². The van der Waals surface area contributed by atoms with E-state index in [9.17, 15) is 4.79 Å². The number of benzene rings is 1. The normalized spacial score (nSPS) is 17.0. The van der Waals surface area contributed by atoms with Gasteiger partial charge in [0.1, 0.15) is 5.82 Å². The maximum Gasteiger partial charge on any atom is 0.223 e. The average molecular weight is 380 g/mol. The van der Waals surface area contributed by atoms with Crippen molar-refractivity contribution in [3.8, 4) is 11.4 Å². The average Bonchev–Trinajstić information content (AvgIpc) is 2.73. The molecule has 1 fully saturated rings. The van der Waals surface area contributed by atoms with Gasteiger partial charge in [-0.3, -0.25) is 4.79 Å². The molecule has 1 aromatic heterocycles. The molecule has 1 aromatic carbocycles. The molecule has 1 amide bonds. The van der Waals surface area contributed by atoms with Gasteiger partial charge in [-0.2, -0.15) is 0 Å². The Balaban J connectivity index is 1.71. The van der Waals surface area contributed by atoms with E-state index < -0.39 is 0 Å². The predicted octanol–water partition coefficient (Wildman–Crippen LogP) is 2.91. The fourth-order valence-electron chi connectivity index (χ4n) is 3.84. The summed E-state index contributed by atoms with van der Waals surface area (Å²) in [7, 11) is 0. The fraction of sp³-hybridized carbons (Fsp3) is 0.500. The van der Waals surface area contributed by atoms with Crippen molar-refractivity contribution in [3.63, 3.8) is 0 Å². The van der Waals surface area contributed by atoms with Gasteiger partial charge >= 0.3 is 0 Å². The van der Waals surface area contributed by atoms with Crippen LogP contribution in [0.4, 0.5) is 5.82 Å². The third kappa shape index (κ3) is 4.02. The van der Waals surface area contributed by atoms with Gasteiger partial charge in [0, 0.05) is 43.6 Å². The van der Waals surface area contributed by atoms with Crippen molar-refractivity contribution in [3.05, 3.63) is 41.6 Å². The fourth-order valence-corrected chi connectivity index (χ4v) is 3.84. The molecule has 148 valence electrons. The Labute approximate surface area is 166 Å². The van der Waals surface area contributed by atoms with Crippen molar-refractivity contribution in [1.29, 1.82) is 0 Å². The van der Waals surface area contributed by atoms with E-state index >= 15 is 0 Å². The summed E-state index contributed by atoms with van der Waals surface area (Å²) in [5, 5.41) is 0. The Hall–Kier alpha value is -2.47. The van der Waals surface area contributed by atoms with E-state index in [2.05, 4.69) is 18.7 Å². The van der Waals surface area contributed by atoms with Crippen molar-refractivity contribution in [2.45, 2.75) is 33.2 Å². The molecule has 0 bridgehead atoms. The van der Waals surface area contributed by atoms with E-state index in [0.29, 0.717) is 32.1 Å². The molecule has 0 N–H and O–H groups in total. The molecule has 0 radical (unpaired) electrons. The monoisotopic (exact) mass is 380 g/mol. The highest BCUT2D eigenvalue weighted by Crippen LogP contribution is 2.30. The van der Waals surface area contributed by atoms with Crippen LogP contribution >= 0.6 is 0 Å². The number of aromatic nitrogens is 2. The lowest BCUT2D eigenvalue weighted by Crippen LogP contribution is -2.41. The lowest BCUT2D eigenvalue weighted by Gasteiger charge is -2.35. The molecule has 0 aliphatic carbocycles. The third-order valence-corrected chi connectivity index (χ3v) is 5.32.